The smallest absolute Gasteiger partial charge is 0.191 e. The van der Waals surface area contributed by atoms with Crippen LogP contribution in [0.2, 0.25) is 5.02 Å². The zero-order valence-electron chi connectivity index (χ0n) is 14.9. The first kappa shape index (κ1) is 19.0. The van der Waals surface area contributed by atoms with Crippen LogP contribution >= 0.6 is 23.4 Å². The van der Waals surface area contributed by atoms with E-state index >= 15 is 0 Å². The summed E-state index contributed by atoms with van der Waals surface area (Å²) in [6.45, 7) is 5.46. The number of nitrogens with zero attached hydrogens (tertiary/aromatic N) is 3. The number of aromatic nitrogens is 3. The van der Waals surface area contributed by atoms with Crippen molar-refractivity contribution in [3.8, 4) is 11.4 Å². The van der Waals surface area contributed by atoms with Crippen LogP contribution < -0.4 is 0 Å². The summed E-state index contributed by atoms with van der Waals surface area (Å²) in [6.07, 6.45) is 0.233. The lowest BCUT2D eigenvalue weighted by Crippen LogP contribution is -2.07. The van der Waals surface area contributed by atoms with Crippen molar-refractivity contribution >= 4 is 23.4 Å². The zero-order valence-corrected chi connectivity index (χ0v) is 16.5. The number of halogens is 1. The second kappa shape index (κ2) is 9.21. The Balaban J connectivity index is 1.88. The van der Waals surface area contributed by atoms with Gasteiger partial charge in [-0.05, 0) is 31.5 Å². The normalized spacial score (nSPS) is 11.2. The first-order chi connectivity index (χ1) is 12.6. The van der Waals surface area contributed by atoms with E-state index in [-0.39, 0.29) is 6.10 Å². The summed E-state index contributed by atoms with van der Waals surface area (Å²) in [5, 5.41) is 10.4. The Bertz CT molecular complexity index is 836. The minimum Gasteiger partial charge on any atom is -0.378 e. The van der Waals surface area contributed by atoms with E-state index in [1.165, 1.54) is 5.56 Å². The average molecular weight is 388 g/mol. The van der Waals surface area contributed by atoms with E-state index in [0.717, 1.165) is 22.3 Å². The highest BCUT2D eigenvalue weighted by molar-refractivity contribution is 7.99. The van der Waals surface area contributed by atoms with Gasteiger partial charge in [0.15, 0.2) is 11.0 Å². The van der Waals surface area contributed by atoms with Gasteiger partial charge in [0, 0.05) is 11.3 Å². The van der Waals surface area contributed by atoms with Gasteiger partial charge in [-0.25, -0.2) is 0 Å². The molecule has 0 saturated heterocycles. The Labute approximate surface area is 163 Å². The molecule has 0 aliphatic carbocycles. The fourth-order valence-electron chi connectivity index (χ4n) is 2.56. The highest BCUT2D eigenvalue weighted by Crippen LogP contribution is 2.29. The van der Waals surface area contributed by atoms with Gasteiger partial charge in [-0.1, -0.05) is 65.8 Å². The second-order valence-corrected chi connectivity index (χ2v) is 7.60. The molecular weight excluding hydrogens is 366 g/mol. The fourth-order valence-corrected chi connectivity index (χ4v) is 3.55. The Kier molecular flexibility index (Phi) is 6.72. The van der Waals surface area contributed by atoms with Crippen LogP contribution in [0.25, 0.3) is 11.4 Å². The number of benzene rings is 2. The maximum atomic E-state index is 6.40. The topological polar surface area (TPSA) is 39.9 Å². The molecular formula is C20H22ClN3OS. The first-order valence-electron chi connectivity index (χ1n) is 8.61. The van der Waals surface area contributed by atoms with Gasteiger partial charge in [-0.2, -0.15) is 0 Å². The van der Waals surface area contributed by atoms with E-state index in [4.69, 9.17) is 16.3 Å². The first-order valence-corrected chi connectivity index (χ1v) is 9.98. The van der Waals surface area contributed by atoms with Crippen LogP contribution in [0.5, 0.6) is 0 Å². The molecule has 0 aliphatic rings. The highest BCUT2D eigenvalue weighted by atomic mass is 35.5. The fraction of sp³-hybridized carbons (Fsp3) is 0.300. The minimum atomic E-state index is 0.233. The van der Waals surface area contributed by atoms with E-state index in [2.05, 4.69) is 26.9 Å². The van der Waals surface area contributed by atoms with Crippen molar-refractivity contribution in [3.63, 3.8) is 0 Å². The number of thioether (sulfide) groups is 1. The molecule has 0 radical (unpaired) electrons. The SMILES string of the molecule is CC(C)OCCSc1nnc(-c2ccccc2Cl)n1Cc1ccccc1. The molecule has 0 spiro atoms. The summed E-state index contributed by atoms with van der Waals surface area (Å²) in [7, 11) is 0. The molecule has 0 saturated carbocycles. The minimum absolute atomic E-state index is 0.233. The Morgan fingerprint density at radius 3 is 2.50 bits per heavy atom. The van der Waals surface area contributed by atoms with E-state index in [1.54, 1.807) is 11.8 Å². The molecule has 2 aromatic carbocycles. The van der Waals surface area contributed by atoms with Crippen LogP contribution in [-0.2, 0) is 11.3 Å². The number of rotatable bonds is 8. The zero-order chi connectivity index (χ0) is 18.4. The van der Waals surface area contributed by atoms with Gasteiger partial charge in [-0.15, -0.1) is 10.2 Å². The molecule has 0 N–H and O–H groups in total. The lowest BCUT2D eigenvalue weighted by molar-refractivity contribution is 0.0920. The maximum absolute atomic E-state index is 6.40. The third-order valence-corrected chi connectivity index (χ3v) is 5.04. The third-order valence-electron chi connectivity index (χ3n) is 3.78. The molecule has 6 heteroatoms. The maximum Gasteiger partial charge on any atom is 0.191 e. The van der Waals surface area contributed by atoms with Gasteiger partial charge in [0.05, 0.1) is 24.3 Å². The molecule has 26 heavy (non-hydrogen) atoms. The van der Waals surface area contributed by atoms with Crippen LogP contribution in [0.1, 0.15) is 19.4 Å². The number of ether oxygens (including phenoxy) is 1. The molecule has 0 unspecified atom stereocenters. The van der Waals surface area contributed by atoms with Crippen LogP contribution in [0.4, 0.5) is 0 Å². The summed E-state index contributed by atoms with van der Waals surface area (Å²) in [4.78, 5) is 0. The van der Waals surface area contributed by atoms with Crippen molar-refractivity contribution in [2.75, 3.05) is 12.4 Å². The van der Waals surface area contributed by atoms with Gasteiger partial charge >= 0.3 is 0 Å². The van der Waals surface area contributed by atoms with Crippen LogP contribution in [0, 0.1) is 0 Å². The number of hydrogen-bond acceptors (Lipinski definition) is 4. The summed E-state index contributed by atoms with van der Waals surface area (Å²) in [5.41, 5.74) is 2.09. The molecule has 3 rings (SSSR count). The lowest BCUT2D eigenvalue weighted by atomic mass is 10.2. The van der Waals surface area contributed by atoms with Gasteiger partial charge in [-0.3, -0.25) is 4.57 Å². The quantitative estimate of drug-likeness (QED) is 0.395. The molecule has 1 heterocycles. The molecule has 0 bridgehead atoms. The van der Waals surface area contributed by atoms with Crippen molar-refractivity contribution in [3.05, 3.63) is 65.2 Å². The molecule has 3 aromatic rings. The van der Waals surface area contributed by atoms with Crippen molar-refractivity contribution in [2.45, 2.75) is 31.7 Å². The van der Waals surface area contributed by atoms with Gasteiger partial charge in [0.25, 0.3) is 0 Å². The van der Waals surface area contributed by atoms with Crippen LogP contribution in [0.15, 0.2) is 59.8 Å². The van der Waals surface area contributed by atoms with E-state index in [9.17, 15) is 0 Å². The summed E-state index contributed by atoms with van der Waals surface area (Å²) in [5.74, 6) is 1.61. The molecule has 0 fully saturated rings. The van der Waals surface area contributed by atoms with Crippen molar-refractivity contribution < 1.29 is 4.74 Å². The monoisotopic (exact) mass is 387 g/mol. The van der Waals surface area contributed by atoms with Crippen LogP contribution in [0.3, 0.4) is 0 Å². The predicted molar refractivity (Wildman–Crippen MR) is 108 cm³/mol. The second-order valence-electron chi connectivity index (χ2n) is 6.13. The third kappa shape index (κ3) is 4.87. The predicted octanol–water partition coefficient (Wildman–Crippen LogP) is 5.16. The van der Waals surface area contributed by atoms with Gasteiger partial charge in [0.1, 0.15) is 0 Å². The number of hydrogen-bond donors (Lipinski definition) is 0. The largest absolute Gasteiger partial charge is 0.378 e. The molecule has 0 atom stereocenters. The molecule has 136 valence electrons. The summed E-state index contributed by atoms with van der Waals surface area (Å²) >= 11 is 8.05. The van der Waals surface area contributed by atoms with Gasteiger partial charge < -0.3 is 4.74 Å². The molecule has 4 nitrogen and oxygen atoms in total. The molecule has 0 aliphatic heterocycles. The summed E-state index contributed by atoms with van der Waals surface area (Å²) < 4.78 is 7.75. The highest BCUT2D eigenvalue weighted by Gasteiger charge is 2.16. The van der Waals surface area contributed by atoms with Crippen molar-refractivity contribution in [1.82, 2.24) is 14.8 Å². The van der Waals surface area contributed by atoms with E-state index in [1.807, 2.05) is 56.3 Å². The summed E-state index contributed by atoms with van der Waals surface area (Å²) in [6, 6.07) is 18.0. The van der Waals surface area contributed by atoms with E-state index < -0.39 is 0 Å². The van der Waals surface area contributed by atoms with Gasteiger partial charge in [0.2, 0.25) is 0 Å². The Hall–Kier alpha value is -1.82. The molecule has 0 amide bonds. The standard InChI is InChI=1S/C20H22ClN3OS/c1-15(2)25-12-13-26-20-23-22-19(17-10-6-7-11-18(17)21)24(20)14-16-8-4-3-5-9-16/h3-11,15H,12-14H2,1-2H3. The average Bonchev–Trinajstić information content (AvgIpc) is 3.02. The Morgan fingerprint density at radius 1 is 1.04 bits per heavy atom. The van der Waals surface area contributed by atoms with Crippen molar-refractivity contribution in [2.24, 2.45) is 0 Å². The lowest BCUT2D eigenvalue weighted by Gasteiger charge is -2.12. The van der Waals surface area contributed by atoms with Crippen LogP contribution in [-0.4, -0.2) is 33.2 Å². The Morgan fingerprint density at radius 2 is 1.77 bits per heavy atom. The van der Waals surface area contributed by atoms with E-state index in [0.29, 0.717) is 18.2 Å². The van der Waals surface area contributed by atoms with Crippen molar-refractivity contribution in [1.29, 1.82) is 0 Å². The molecule has 1 aromatic heterocycles.